The molecule has 0 aromatic carbocycles. The van der Waals surface area contributed by atoms with E-state index in [1.165, 1.54) is 0 Å². The number of amides is 1. The molecule has 3 N–H and O–H groups in total. The number of nitrogens with one attached hydrogen (secondary N) is 1. The molecule has 5 heteroatoms. The second-order valence-electron chi connectivity index (χ2n) is 3.24. The normalized spacial score (nSPS) is 21.8. The van der Waals surface area contributed by atoms with E-state index in [1.807, 2.05) is 10.8 Å². The van der Waals surface area contributed by atoms with Gasteiger partial charge in [-0.3, -0.25) is 4.79 Å². The van der Waals surface area contributed by atoms with Crippen LogP contribution in [0.2, 0.25) is 0 Å². The predicted molar refractivity (Wildman–Crippen MR) is 47.8 cm³/mol. The van der Waals surface area contributed by atoms with Gasteiger partial charge in [-0.15, -0.1) is 0 Å². The van der Waals surface area contributed by atoms with E-state index in [4.69, 9.17) is 5.73 Å². The Morgan fingerprint density at radius 1 is 1.77 bits per heavy atom. The molecule has 1 atom stereocenters. The smallest absolute Gasteiger partial charge is 0.220 e. The van der Waals surface area contributed by atoms with Gasteiger partial charge in [0.25, 0.3) is 0 Å². The maximum atomic E-state index is 10.9. The van der Waals surface area contributed by atoms with Gasteiger partial charge in [0.05, 0.1) is 0 Å². The van der Waals surface area contributed by atoms with Crippen LogP contribution in [-0.4, -0.2) is 21.5 Å². The molecule has 1 saturated heterocycles. The quantitative estimate of drug-likeness (QED) is 0.658. The topological polar surface area (TPSA) is 72.9 Å². The molecule has 1 aliphatic rings. The lowest BCUT2D eigenvalue weighted by Crippen LogP contribution is -2.29. The van der Waals surface area contributed by atoms with Gasteiger partial charge < -0.3 is 15.6 Å². The van der Waals surface area contributed by atoms with Gasteiger partial charge in [0, 0.05) is 31.4 Å². The summed E-state index contributed by atoms with van der Waals surface area (Å²) in [5, 5.41) is 2.88. The Balaban J connectivity index is 1.99. The Bertz CT molecular complexity index is 320. The zero-order valence-electron chi connectivity index (χ0n) is 7.23. The van der Waals surface area contributed by atoms with Crippen molar-refractivity contribution in [3.05, 3.63) is 12.4 Å². The molecule has 1 aliphatic heterocycles. The standard InChI is InChI=1S/C8H12N4O/c9-8-10-3-4-12(8)5-6-1-2-7(13)11-6/h3-4,6H,1-2,5H2,(H2,9,10)(H,11,13). The maximum absolute atomic E-state index is 10.9. The number of nitrogens with two attached hydrogens (primary N) is 1. The summed E-state index contributed by atoms with van der Waals surface area (Å²) in [6.07, 6.45) is 4.99. The fourth-order valence-corrected chi connectivity index (χ4v) is 1.55. The van der Waals surface area contributed by atoms with Crippen molar-refractivity contribution in [3.63, 3.8) is 0 Å². The van der Waals surface area contributed by atoms with E-state index in [-0.39, 0.29) is 11.9 Å². The molecule has 5 nitrogen and oxygen atoms in total. The second-order valence-corrected chi connectivity index (χ2v) is 3.24. The van der Waals surface area contributed by atoms with Crippen LogP contribution in [0.5, 0.6) is 0 Å². The summed E-state index contributed by atoms with van der Waals surface area (Å²) in [7, 11) is 0. The van der Waals surface area contributed by atoms with Crippen molar-refractivity contribution >= 4 is 11.9 Å². The van der Waals surface area contributed by atoms with Crippen LogP contribution in [0, 0.1) is 0 Å². The minimum atomic E-state index is 0.128. The summed E-state index contributed by atoms with van der Waals surface area (Å²) >= 11 is 0. The van der Waals surface area contributed by atoms with Gasteiger partial charge in [-0.25, -0.2) is 4.98 Å². The molecule has 2 heterocycles. The summed E-state index contributed by atoms with van der Waals surface area (Å²) in [5.41, 5.74) is 5.59. The molecule has 1 fully saturated rings. The summed E-state index contributed by atoms with van der Waals surface area (Å²) in [5.74, 6) is 0.629. The van der Waals surface area contributed by atoms with Crippen molar-refractivity contribution in [2.45, 2.75) is 25.4 Å². The first-order valence-corrected chi connectivity index (χ1v) is 4.31. The van der Waals surface area contributed by atoms with Crippen molar-refractivity contribution in [3.8, 4) is 0 Å². The maximum Gasteiger partial charge on any atom is 0.220 e. The lowest BCUT2D eigenvalue weighted by atomic mass is 10.2. The molecule has 0 spiro atoms. The Kier molecular flexibility index (Phi) is 1.92. The minimum absolute atomic E-state index is 0.128. The molecule has 1 aromatic heterocycles. The van der Waals surface area contributed by atoms with Crippen LogP contribution < -0.4 is 11.1 Å². The van der Waals surface area contributed by atoms with E-state index in [1.54, 1.807) is 6.20 Å². The highest BCUT2D eigenvalue weighted by molar-refractivity contribution is 5.78. The number of aromatic nitrogens is 2. The summed E-state index contributed by atoms with van der Waals surface area (Å²) < 4.78 is 1.84. The third kappa shape index (κ3) is 1.63. The SMILES string of the molecule is Nc1nccn1CC1CCC(=O)N1. The van der Waals surface area contributed by atoms with E-state index in [0.29, 0.717) is 12.4 Å². The second kappa shape index (κ2) is 3.08. The Labute approximate surface area is 75.9 Å². The first-order chi connectivity index (χ1) is 6.25. The Morgan fingerprint density at radius 2 is 2.62 bits per heavy atom. The largest absolute Gasteiger partial charge is 0.369 e. The number of nitrogen functional groups attached to an aromatic ring is 1. The van der Waals surface area contributed by atoms with Crippen LogP contribution in [0.3, 0.4) is 0 Å². The number of hydrogen-bond acceptors (Lipinski definition) is 3. The molecular weight excluding hydrogens is 168 g/mol. The van der Waals surface area contributed by atoms with Gasteiger partial charge in [0.1, 0.15) is 0 Å². The number of hydrogen-bond donors (Lipinski definition) is 2. The van der Waals surface area contributed by atoms with Crippen molar-refractivity contribution < 1.29 is 4.79 Å². The first kappa shape index (κ1) is 8.10. The zero-order chi connectivity index (χ0) is 9.26. The first-order valence-electron chi connectivity index (χ1n) is 4.31. The Hall–Kier alpha value is -1.52. The number of rotatable bonds is 2. The number of carbonyl (C=O) groups excluding carboxylic acids is 1. The molecule has 70 valence electrons. The Morgan fingerprint density at radius 3 is 3.15 bits per heavy atom. The van der Waals surface area contributed by atoms with E-state index in [2.05, 4.69) is 10.3 Å². The molecule has 0 bridgehead atoms. The van der Waals surface area contributed by atoms with Crippen molar-refractivity contribution in [1.29, 1.82) is 0 Å². The highest BCUT2D eigenvalue weighted by Crippen LogP contribution is 2.10. The molecule has 13 heavy (non-hydrogen) atoms. The third-order valence-electron chi connectivity index (χ3n) is 2.25. The molecule has 0 saturated carbocycles. The third-order valence-corrected chi connectivity index (χ3v) is 2.25. The van der Waals surface area contributed by atoms with Gasteiger partial charge in [0.15, 0.2) is 5.95 Å². The van der Waals surface area contributed by atoms with Gasteiger partial charge in [-0.1, -0.05) is 0 Å². The van der Waals surface area contributed by atoms with Gasteiger partial charge in [-0.2, -0.15) is 0 Å². The molecule has 1 unspecified atom stereocenters. The highest BCUT2D eigenvalue weighted by Gasteiger charge is 2.21. The van der Waals surface area contributed by atoms with Crippen molar-refractivity contribution in [1.82, 2.24) is 14.9 Å². The van der Waals surface area contributed by atoms with Gasteiger partial charge in [-0.05, 0) is 6.42 Å². The van der Waals surface area contributed by atoms with Gasteiger partial charge >= 0.3 is 0 Å². The van der Waals surface area contributed by atoms with Crippen LogP contribution in [0.4, 0.5) is 5.95 Å². The molecule has 0 radical (unpaired) electrons. The summed E-state index contributed by atoms with van der Waals surface area (Å²) in [6.45, 7) is 0.720. The van der Waals surface area contributed by atoms with Crippen LogP contribution in [0.15, 0.2) is 12.4 Å². The fraction of sp³-hybridized carbons (Fsp3) is 0.500. The van der Waals surface area contributed by atoms with Crippen LogP contribution >= 0.6 is 0 Å². The lowest BCUT2D eigenvalue weighted by Gasteiger charge is -2.11. The van der Waals surface area contributed by atoms with E-state index < -0.39 is 0 Å². The molecule has 1 amide bonds. The summed E-state index contributed by atoms with van der Waals surface area (Å²) in [4.78, 5) is 14.8. The van der Waals surface area contributed by atoms with Gasteiger partial charge in [0.2, 0.25) is 5.91 Å². The minimum Gasteiger partial charge on any atom is -0.369 e. The van der Waals surface area contributed by atoms with E-state index in [9.17, 15) is 4.79 Å². The predicted octanol–water partition coefficient (Wildman–Crippen LogP) is -0.256. The number of carbonyl (C=O) groups is 1. The van der Waals surface area contributed by atoms with Crippen molar-refractivity contribution in [2.24, 2.45) is 0 Å². The van der Waals surface area contributed by atoms with Crippen LogP contribution in [0.25, 0.3) is 0 Å². The number of nitrogens with zero attached hydrogens (tertiary/aromatic N) is 2. The molecule has 0 aliphatic carbocycles. The monoisotopic (exact) mass is 180 g/mol. The number of imidazole rings is 1. The summed E-state index contributed by atoms with van der Waals surface area (Å²) in [6, 6.07) is 0.212. The molecular formula is C8H12N4O. The fourth-order valence-electron chi connectivity index (χ4n) is 1.55. The molecule has 1 aromatic rings. The van der Waals surface area contributed by atoms with Crippen molar-refractivity contribution in [2.75, 3.05) is 5.73 Å². The lowest BCUT2D eigenvalue weighted by molar-refractivity contribution is -0.119. The van der Waals surface area contributed by atoms with E-state index >= 15 is 0 Å². The average molecular weight is 180 g/mol. The highest BCUT2D eigenvalue weighted by atomic mass is 16.1. The zero-order valence-corrected chi connectivity index (χ0v) is 7.23. The average Bonchev–Trinajstić information content (AvgIpc) is 2.64. The van der Waals surface area contributed by atoms with E-state index in [0.717, 1.165) is 13.0 Å². The number of anilines is 1. The molecule has 2 rings (SSSR count). The van der Waals surface area contributed by atoms with Crippen LogP contribution in [-0.2, 0) is 11.3 Å². The van der Waals surface area contributed by atoms with Crippen LogP contribution in [0.1, 0.15) is 12.8 Å².